The van der Waals surface area contributed by atoms with Gasteiger partial charge in [0.25, 0.3) is 11.8 Å². The fourth-order valence-electron chi connectivity index (χ4n) is 5.08. The third-order valence-corrected chi connectivity index (χ3v) is 7.98. The number of aromatic nitrogens is 2. The Morgan fingerprint density at radius 2 is 1.89 bits per heavy atom. The predicted molar refractivity (Wildman–Crippen MR) is 159 cm³/mol. The normalized spacial score (nSPS) is 14.3. The Labute approximate surface area is 262 Å². The number of alkyl halides is 2. The summed E-state index contributed by atoms with van der Waals surface area (Å²) in [5, 5.41) is 15.0. The zero-order chi connectivity index (χ0) is 32.6. The van der Waals surface area contributed by atoms with E-state index in [1.54, 1.807) is 19.9 Å². The lowest BCUT2D eigenvalue weighted by Gasteiger charge is -2.29. The van der Waals surface area contributed by atoms with E-state index in [0.717, 1.165) is 17.7 Å². The molecule has 4 N–H and O–H groups in total. The molecule has 45 heavy (non-hydrogen) atoms. The number of hydrogen-bond donors (Lipinski definition) is 3. The van der Waals surface area contributed by atoms with Gasteiger partial charge < -0.3 is 25.6 Å². The molecule has 1 fully saturated rings. The quantitative estimate of drug-likeness (QED) is 0.134. The van der Waals surface area contributed by atoms with E-state index in [-0.39, 0.29) is 56.2 Å². The predicted octanol–water partition coefficient (Wildman–Crippen LogP) is 5.77. The van der Waals surface area contributed by atoms with Gasteiger partial charge >= 0.3 is 6.61 Å². The second-order valence-electron chi connectivity index (χ2n) is 10.6. The van der Waals surface area contributed by atoms with E-state index in [1.165, 1.54) is 18.3 Å². The van der Waals surface area contributed by atoms with E-state index in [0.29, 0.717) is 24.3 Å². The standard InChI is InChI=1S/C31H27BrF4N4O5/c1-3-44-27-19(28(37)41)10-24(40-26(27)18-9-20(32)22(34)11-21(18)33)31(43,17-4-5-17)13-39-29(42)16-7-15-6-14(2)12-38-25(15)23(8-16)45-30(35)36/h6-12,17,30,43H,3-5,13H2,1-2H3,(H2,37,41)(H,39,42)/t31-/m1/s1. The van der Waals surface area contributed by atoms with Crippen molar-refractivity contribution >= 4 is 38.6 Å². The number of fused-ring (bicyclic) bond motifs is 1. The van der Waals surface area contributed by atoms with Crippen molar-refractivity contribution in [3.63, 3.8) is 0 Å². The van der Waals surface area contributed by atoms with Crippen LogP contribution < -0.4 is 20.5 Å². The molecule has 2 heterocycles. The number of aliphatic hydroxyl groups is 1. The van der Waals surface area contributed by atoms with E-state index in [9.17, 15) is 27.9 Å². The summed E-state index contributed by atoms with van der Waals surface area (Å²) in [6, 6.07) is 7.20. The molecule has 2 aromatic carbocycles. The molecule has 14 heteroatoms. The van der Waals surface area contributed by atoms with Gasteiger partial charge in [0.05, 0.1) is 28.9 Å². The Kier molecular flexibility index (Phi) is 8.99. The Morgan fingerprint density at radius 3 is 2.53 bits per heavy atom. The van der Waals surface area contributed by atoms with Crippen molar-refractivity contribution in [1.82, 2.24) is 15.3 Å². The summed E-state index contributed by atoms with van der Waals surface area (Å²) < 4.78 is 65.7. The Morgan fingerprint density at radius 1 is 1.16 bits per heavy atom. The molecule has 0 bridgehead atoms. The monoisotopic (exact) mass is 690 g/mol. The molecular weight excluding hydrogens is 664 g/mol. The van der Waals surface area contributed by atoms with Gasteiger partial charge in [-0.1, -0.05) is 0 Å². The zero-order valence-corrected chi connectivity index (χ0v) is 25.6. The molecule has 0 saturated heterocycles. The molecule has 5 rings (SSSR count). The van der Waals surface area contributed by atoms with Crippen LogP contribution in [0.25, 0.3) is 22.2 Å². The summed E-state index contributed by atoms with van der Waals surface area (Å²) in [6.07, 6.45) is 2.55. The number of ether oxygens (including phenoxy) is 2. The minimum Gasteiger partial charge on any atom is -0.491 e. The molecule has 0 unspecified atom stereocenters. The summed E-state index contributed by atoms with van der Waals surface area (Å²) in [5.41, 5.74) is 3.82. The van der Waals surface area contributed by atoms with Crippen molar-refractivity contribution in [2.75, 3.05) is 13.2 Å². The van der Waals surface area contributed by atoms with Crippen LogP contribution in [0.15, 0.2) is 47.1 Å². The average Bonchev–Trinajstić information content (AvgIpc) is 3.83. The molecule has 1 saturated carbocycles. The zero-order valence-electron chi connectivity index (χ0n) is 24.0. The third-order valence-electron chi connectivity index (χ3n) is 7.37. The molecule has 9 nitrogen and oxygen atoms in total. The molecule has 1 atom stereocenters. The topological polar surface area (TPSA) is 137 Å². The Bertz CT molecular complexity index is 1820. The van der Waals surface area contributed by atoms with Gasteiger partial charge in [-0.2, -0.15) is 8.78 Å². The fourth-order valence-corrected chi connectivity index (χ4v) is 5.42. The highest BCUT2D eigenvalue weighted by Gasteiger charge is 2.47. The smallest absolute Gasteiger partial charge is 0.387 e. The van der Waals surface area contributed by atoms with Crippen LogP contribution in [-0.2, 0) is 5.60 Å². The maximum absolute atomic E-state index is 15.1. The van der Waals surface area contributed by atoms with E-state index in [2.05, 4.69) is 36.0 Å². The number of pyridine rings is 2. The minimum absolute atomic E-state index is 0.0410. The average molecular weight is 691 g/mol. The SMILES string of the molecule is CCOc1c(C(N)=O)cc([C@@](O)(CNC(=O)c2cc(OC(F)F)c3ncc(C)cc3c2)C2CC2)nc1-c1cc(Br)c(F)cc1F. The Hall–Kier alpha value is -4.30. The number of carbonyl (C=O) groups excluding carboxylic acids is 2. The highest BCUT2D eigenvalue weighted by Crippen LogP contribution is 2.47. The highest BCUT2D eigenvalue weighted by molar-refractivity contribution is 9.10. The van der Waals surface area contributed by atoms with Crippen molar-refractivity contribution in [3.8, 4) is 22.8 Å². The van der Waals surface area contributed by atoms with Gasteiger partial charge in [0, 0.05) is 28.8 Å². The lowest BCUT2D eigenvalue weighted by Crippen LogP contribution is -2.43. The molecule has 236 valence electrons. The van der Waals surface area contributed by atoms with Crippen molar-refractivity contribution in [2.45, 2.75) is 38.9 Å². The molecule has 2 amide bonds. The molecule has 2 aromatic heterocycles. The number of hydrogen-bond acceptors (Lipinski definition) is 7. The van der Waals surface area contributed by atoms with Crippen LogP contribution in [0.3, 0.4) is 0 Å². The summed E-state index contributed by atoms with van der Waals surface area (Å²) in [4.78, 5) is 34.6. The van der Waals surface area contributed by atoms with Crippen molar-refractivity contribution < 1.29 is 41.7 Å². The minimum atomic E-state index is -3.17. The van der Waals surface area contributed by atoms with Crippen LogP contribution in [0, 0.1) is 24.5 Å². The molecule has 0 radical (unpaired) electrons. The van der Waals surface area contributed by atoms with E-state index >= 15 is 4.39 Å². The first-order chi connectivity index (χ1) is 21.3. The molecule has 4 aromatic rings. The first-order valence-corrected chi connectivity index (χ1v) is 14.6. The number of nitrogens with one attached hydrogen (secondary N) is 1. The molecule has 0 spiro atoms. The third kappa shape index (κ3) is 6.57. The maximum atomic E-state index is 15.1. The highest BCUT2D eigenvalue weighted by atomic mass is 79.9. The summed E-state index contributed by atoms with van der Waals surface area (Å²) in [7, 11) is 0. The number of rotatable bonds is 11. The lowest BCUT2D eigenvalue weighted by molar-refractivity contribution is -0.0489. The van der Waals surface area contributed by atoms with E-state index in [1.807, 2.05) is 0 Å². The number of nitrogens with zero attached hydrogens (tertiary/aromatic N) is 2. The first-order valence-electron chi connectivity index (χ1n) is 13.8. The van der Waals surface area contributed by atoms with Crippen molar-refractivity contribution in [1.29, 1.82) is 0 Å². The summed E-state index contributed by atoms with van der Waals surface area (Å²) in [6.45, 7) is -0.186. The first kappa shape index (κ1) is 32.1. The van der Waals surface area contributed by atoms with Crippen LogP contribution in [0.5, 0.6) is 11.5 Å². The second kappa shape index (κ2) is 12.6. The fraction of sp³-hybridized carbons (Fsp3) is 0.290. The van der Waals surface area contributed by atoms with Crippen molar-refractivity contribution in [3.05, 3.63) is 81.1 Å². The van der Waals surface area contributed by atoms with Crippen LogP contribution in [-0.4, -0.2) is 46.7 Å². The van der Waals surface area contributed by atoms with Gasteiger partial charge in [0.1, 0.15) is 28.4 Å². The summed E-state index contributed by atoms with van der Waals surface area (Å²) in [5.74, 6) is -4.48. The van der Waals surface area contributed by atoms with Gasteiger partial charge in [-0.15, -0.1) is 0 Å². The maximum Gasteiger partial charge on any atom is 0.387 e. The number of aryl methyl sites for hydroxylation is 1. The van der Waals surface area contributed by atoms with E-state index in [4.69, 9.17) is 10.5 Å². The number of amides is 2. The molecular formula is C31H27BrF4N4O5. The number of nitrogens with two attached hydrogens (primary N) is 1. The number of carbonyl (C=O) groups is 2. The van der Waals surface area contributed by atoms with Gasteiger partial charge in [-0.25, -0.2) is 13.8 Å². The van der Waals surface area contributed by atoms with Gasteiger partial charge in [0.15, 0.2) is 11.5 Å². The van der Waals surface area contributed by atoms with Gasteiger partial charge in [-0.05, 0) is 84.4 Å². The second-order valence-corrected chi connectivity index (χ2v) is 11.4. The van der Waals surface area contributed by atoms with Crippen LogP contribution in [0.1, 0.15) is 51.7 Å². The molecule has 1 aliphatic rings. The molecule has 1 aliphatic carbocycles. The molecule has 0 aliphatic heterocycles. The Balaban J connectivity index is 1.56. The van der Waals surface area contributed by atoms with E-state index < -0.39 is 48.1 Å². The summed E-state index contributed by atoms with van der Waals surface area (Å²) >= 11 is 3.03. The van der Waals surface area contributed by atoms with Crippen LogP contribution >= 0.6 is 15.9 Å². The number of halogens is 5. The van der Waals surface area contributed by atoms with Crippen LogP contribution in [0.2, 0.25) is 0 Å². The number of benzene rings is 2. The largest absolute Gasteiger partial charge is 0.491 e. The van der Waals surface area contributed by atoms with Gasteiger partial charge in [-0.3, -0.25) is 14.6 Å². The van der Waals surface area contributed by atoms with Gasteiger partial charge in [0.2, 0.25) is 0 Å². The number of primary amides is 1. The van der Waals surface area contributed by atoms with Crippen LogP contribution in [0.4, 0.5) is 17.6 Å². The lowest BCUT2D eigenvalue weighted by atomic mass is 9.90. The van der Waals surface area contributed by atoms with Crippen molar-refractivity contribution in [2.24, 2.45) is 11.7 Å².